The quantitative estimate of drug-likeness (QED) is 0.113. The predicted molar refractivity (Wildman–Crippen MR) is 232 cm³/mol. The van der Waals surface area contributed by atoms with Crippen LogP contribution in [0.4, 0.5) is 17.1 Å². The number of fused-ring (bicyclic) bond motifs is 4. The van der Waals surface area contributed by atoms with Crippen LogP contribution in [0.3, 0.4) is 0 Å². The summed E-state index contributed by atoms with van der Waals surface area (Å²) in [5, 5.41) is 8.94. The Balaban J connectivity index is 0.000000211. The zero-order valence-electron chi connectivity index (χ0n) is 33.6. The van der Waals surface area contributed by atoms with Crippen LogP contribution in [0.25, 0.3) is 38.5 Å². The van der Waals surface area contributed by atoms with E-state index in [9.17, 15) is 0 Å². The first-order valence-electron chi connectivity index (χ1n) is 19.4. The molecule has 0 fully saturated rings. The molecule has 0 amide bonds. The van der Waals surface area contributed by atoms with E-state index < -0.39 is 8.07 Å². The van der Waals surface area contributed by atoms with E-state index >= 15 is 0 Å². The summed E-state index contributed by atoms with van der Waals surface area (Å²) in [7, 11) is -1.34. The maximum atomic E-state index is 6.07. The van der Waals surface area contributed by atoms with Gasteiger partial charge in [0.2, 0.25) is 0 Å². The molecule has 55 heavy (non-hydrogen) atoms. The first kappa shape index (κ1) is 40.2. The van der Waals surface area contributed by atoms with E-state index in [2.05, 4.69) is 162 Å². The summed E-state index contributed by atoms with van der Waals surface area (Å²) in [6.07, 6.45) is 3.05. The van der Waals surface area contributed by atoms with Gasteiger partial charge in [-0.05, 0) is 64.5 Å². The second-order valence-electron chi connectivity index (χ2n) is 16.6. The van der Waals surface area contributed by atoms with Crippen LogP contribution in [0, 0.1) is 18.1 Å². The van der Waals surface area contributed by atoms with Crippen LogP contribution in [-0.2, 0) is 26.5 Å². The van der Waals surface area contributed by atoms with Crippen molar-refractivity contribution in [3.63, 3.8) is 0 Å². The molecule has 1 atom stereocenters. The number of aromatic nitrogens is 1. The second kappa shape index (κ2) is 16.7. The fraction of sp³-hybridized carbons (Fsp3) is 0.286. The average Bonchev–Trinajstić information content (AvgIpc) is 3.72. The zero-order chi connectivity index (χ0) is 38.1. The van der Waals surface area contributed by atoms with Gasteiger partial charge in [-0.15, -0.1) is 47.6 Å². The number of furan rings is 1. The van der Waals surface area contributed by atoms with E-state index in [1.54, 1.807) is 0 Å². The summed E-state index contributed by atoms with van der Waals surface area (Å²) in [6.45, 7) is 20.8. The third-order valence-corrected chi connectivity index (χ3v) is 12.3. The summed E-state index contributed by atoms with van der Waals surface area (Å²) in [6, 6.07) is 44.7. The van der Waals surface area contributed by atoms with Gasteiger partial charge in [0.25, 0.3) is 0 Å². The molecule has 4 nitrogen and oxygen atoms in total. The van der Waals surface area contributed by atoms with E-state index in [0.29, 0.717) is 17.8 Å². The molecule has 0 N–H and O–H groups in total. The Kier molecular flexibility index (Phi) is 12.2. The molecule has 3 heterocycles. The number of hydrogen-bond donors (Lipinski definition) is 0. The molecule has 1 unspecified atom stereocenters. The molecule has 1 aliphatic heterocycles. The first-order chi connectivity index (χ1) is 25.9. The van der Waals surface area contributed by atoms with Crippen molar-refractivity contribution in [3.8, 4) is 11.3 Å². The predicted octanol–water partition coefficient (Wildman–Crippen LogP) is 13.8. The monoisotopic (exact) mass is 919 g/mol. The van der Waals surface area contributed by atoms with Gasteiger partial charge in [-0.2, -0.15) is 17.7 Å². The molecule has 0 saturated heterocycles. The van der Waals surface area contributed by atoms with Gasteiger partial charge >= 0.3 is 20.1 Å². The molecule has 282 valence electrons. The van der Waals surface area contributed by atoms with Crippen molar-refractivity contribution in [2.45, 2.75) is 85.6 Å². The van der Waals surface area contributed by atoms with E-state index in [0.717, 1.165) is 56.6 Å². The van der Waals surface area contributed by atoms with E-state index in [1.807, 2.05) is 36.4 Å². The Hall–Kier alpha value is -4.48. The van der Waals surface area contributed by atoms with Gasteiger partial charge in [-0.1, -0.05) is 133 Å². The third kappa shape index (κ3) is 8.38. The van der Waals surface area contributed by atoms with Crippen molar-refractivity contribution < 1.29 is 24.5 Å². The number of anilines is 2. The van der Waals surface area contributed by atoms with Gasteiger partial charge < -0.3 is 19.6 Å². The fourth-order valence-electron chi connectivity index (χ4n) is 7.66. The summed E-state index contributed by atoms with van der Waals surface area (Å²) < 4.78 is 6.07. The maximum Gasteiger partial charge on any atom is 3.00 e. The van der Waals surface area contributed by atoms with Gasteiger partial charge in [0.05, 0.1) is 8.07 Å². The Morgan fingerprint density at radius 1 is 0.764 bits per heavy atom. The van der Waals surface area contributed by atoms with Crippen molar-refractivity contribution in [1.29, 1.82) is 0 Å². The molecule has 2 aromatic heterocycles. The van der Waals surface area contributed by atoms with Crippen molar-refractivity contribution in [2.24, 2.45) is 5.92 Å². The summed E-state index contributed by atoms with van der Waals surface area (Å²) in [4.78, 5) is 7.12. The molecule has 0 saturated carbocycles. The minimum Gasteiger partial charge on any atom is -0.661 e. The molecular formula is C49H52IrN3OSi. The van der Waals surface area contributed by atoms with Crippen LogP contribution >= 0.6 is 0 Å². The zero-order valence-corrected chi connectivity index (χ0v) is 37.0. The molecule has 6 heteroatoms. The normalized spacial score (nSPS) is 13.9. The fourth-order valence-corrected chi connectivity index (χ4v) is 9.25. The summed E-state index contributed by atoms with van der Waals surface area (Å²) >= 11 is 0. The average molecular weight is 919 g/mol. The van der Waals surface area contributed by atoms with Crippen molar-refractivity contribution in [1.82, 2.24) is 4.98 Å². The number of para-hydroxylation sites is 4. The Bertz CT molecular complexity index is 2370. The minimum atomic E-state index is -1.34. The smallest absolute Gasteiger partial charge is 0.661 e. The van der Waals surface area contributed by atoms with E-state index in [4.69, 9.17) is 9.73 Å². The van der Waals surface area contributed by atoms with Gasteiger partial charge in [0, 0.05) is 28.5 Å². The molecule has 5 aromatic carbocycles. The molecule has 1 aliphatic rings. The number of nitrogens with zero attached hydrogens (tertiary/aromatic N) is 3. The molecule has 8 rings (SSSR count). The van der Waals surface area contributed by atoms with Gasteiger partial charge in [0.1, 0.15) is 5.58 Å². The molecule has 0 aliphatic carbocycles. The van der Waals surface area contributed by atoms with Crippen molar-refractivity contribution >= 4 is 52.3 Å². The van der Waals surface area contributed by atoms with Crippen LogP contribution in [0.15, 0.2) is 120 Å². The second-order valence-corrected chi connectivity index (χ2v) is 21.6. The third-order valence-electron chi connectivity index (χ3n) is 10.3. The summed E-state index contributed by atoms with van der Waals surface area (Å²) in [5.41, 5.74) is 12.5. The number of hydrogen-bond acceptors (Lipinski definition) is 3. The van der Waals surface area contributed by atoms with Crippen LogP contribution in [-0.4, -0.2) is 13.1 Å². The Morgan fingerprint density at radius 3 is 2.13 bits per heavy atom. The van der Waals surface area contributed by atoms with Gasteiger partial charge in [-0.3, -0.25) is 0 Å². The number of pyridine rings is 1. The minimum absolute atomic E-state index is 0. The number of rotatable bonds is 8. The largest absolute Gasteiger partial charge is 3.00 e. The maximum absolute atomic E-state index is 6.07. The molecule has 0 radical (unpaired) electrons. The van der Waals surface area contributed by atoms with Crippen LogP contribution in [0.1, 0.15) is 81.8 Å². The Labute approximate surface area is 342 Å². The summed E-state index contributed by atoms with van der Waals surface area (Å²) in [5.74, 6) is 1.46. The van der Waals surface area contributed by atoms with Crippen LogP contribution in [0.5, 0.6) is 0 Å². The van der Waals surface area contributed by atoms with E-state index in [-0.39, 0.29) is 26.3 Å². The van der Waals surface area contributed by atoms with E-state index in [1.165, 1.54) is 27.6 Å². The first-order valence-corrected chi connectivity index (χ1v) is 22.9. The Morgan fingerprint density at radius 2 is 1.45 bits per heavy atom. The van der Waals surface area contributed by atoms with Crippen LogP contribution in [0.2, 0.25) is 19.6 Å². The van der Waals surface area contributed by atoms with Gasteiger partial charge in [0.15, 0.2) is 0 Å². The molecule has 0 bridgehead atoms. The molecular weight excluding hydrogens is 867 g/mol. The van der Waals surface area contributed by atoms with Crippen molar-refractivity contribution in [3.05, 3.63) is 155 Å². The molecule has 7 aromatic rings. The number of benzene rings is 5. The topological polar surface area (TPSA) is 43.4 Å². The van der Waals surface area contributed by atoms with Gasteiger partial charge in [-0.25, -0.2) is 0 Å². The van der Waals surface area contributed by atoms with Crippen molar-refractivity contribution in [2.75, 3.05) is 4.90 Å². The SMILES string of the molecule is CC(C)Cc1cc(-c2[c-]cccc2)ncc1[Si](C)(C)C.CC(C)c1cccc(C(C)C)c1N1c2ccccc2[N-]C1c1[c-]cc2oc3ccccc3c2c1.[Ir+3]. The molecule has 0 spiro atoms. The standard InChI is InChI=1S/C31H28N2O.C18H24NSi.Ir/c1-19(2)22-11-9-12-23(20(3)4)30(22)33-27-14-7-6-13-26(27)32-31(33)21-16-17-29-25(18-21)24-10-5-8-15-28(24)34-29;1-14(2)11-16-12-17(15-9-7-6-8-10-15)19-13-18(16)20(3,4)5;/h5-15,17-20,31H,1-4H3;6-9,12-14H,11H2,1-5H3;/q-2;-1;+3. The van der Waals surface area contributed by atoms with Crippen LogP contribution < -0.4 is 10.1 Å².